The topological polar surface area (TPSA) is 80.0 Å². The van der Waals surface area contributed by atoms with E-state index >= 15 is 4.39 Å². The number of ether oxygens (including phenoxy) is 2. The largest absolute Gasteiger partial charge is 0.493 e. The number of fused-ring (bicyclic) bond motifs is 2. The number of halogens is 3. The lowest BCUT2D eigenvalue weighted by Crippen LogP contribution is -2.31. The molecule has 0 amide bonds. The molecule has 2 N–H and O–H groups in total. The number of para-hydroxylation sites is 1. The fourth-order valence-corrected chi connectivity index (χ4v) is 5.85. The third-order valence-electron chi connectivity index (χ3n) is 7.02. The number of hydrogen-bond donors (Lipinski definition) is 2. The molecule has 1 aliphatic heterocycles. The maximum atomic E-state index is 15.0. The molecule has 0 spiro atoms. The van der Waals surface area contributed by atoms with E-state index < -0.39 is 39.4 Å². The van der Waals surface area contributed by atoms with Crippen LogP contribution < -0.4 is 9.47 Å². The lowest BCUT2D eigenvalue weighted by molar-refractivity contribution is 0.241. The third-order valence-corrected chi connectivity index (χ3v) is 8.00. The van der Waals surface area contributed by atoms with Crippen molar-refractivity contribution >= 4 is 21.7 Å². The van der Waals surface area contributed by atoms with Crippen molar-refractivity contribution in [1.29, 1.82) is 0 Å². The molecule has 0 bridgehead atoms. The first-order valence-electron chi connectivity index (χ1n) is 11.8. The summed E-state index contributed by atoms with van der Waals surface area (Å²) in [6.45, 7) is 2.59. The number of hydrogen-bond acceptors (Lipinski definition) is 4. The first kappa shape index (κ1) is 24.3. The third kappa shape index (κ3) is 3.78. The van der Waals surface area contributed by atoms with E-state index in [9.17, 15) is 13.0 Å². The van der Waals surface area contributed by atoms with Gasteiger partial charge in [0.2, 0.25) is 5.82 Å². The van der Waals surface area contributed by atoms with E-state index in [4.69, 9.17) is 9.47 Å². The average Bonchev–Trinajstić information content (AvgIpc) is 3.59. The molecule has 0 saturated carbocycles. The van der Waals surface area contributed by atoms with E-state index in [-0.39, 0.29) is 32.9 Å². The Bertz CT molecular complexity index is 1730. The molecule has 0 saturated heterocycles. The number of rotatable bonds is 5. The van der Waals surface area contributed by atoms with Crippen LogP contribution in [0, 0.1) is 17.5 Å². The van der Waals surface area contributed by atoms with E-state index in [1.807, 2.05) is 24.3 Å². The van der Waals surface area contributed by atoms with E-state index in [2.05, 4.69) is 21.9 Å². The van der Waals surface area contributed by atoms with Crippen LogP contribution in [-0.4, -0.2) is 32.0 Å². The molecule has 1 unspecified atom stereocenters. The van der Waals surface area contributed by atoms with Crippen LogP contribution in [0.1, 0.15) is 24.6 Å². The quantitative estimate of drug-likeness (QED) is 0.265. The van der Waals surface area contributed by atoms with Crippen LogP contribution in [-0.2, 0) is 16.2 Å². The van der Waals surface area contributed by atoms with Gasteiger partial charge in [-0.15, -0.1) is 0 Å². The van der Waals surface area contributed by atoms with Crippen molar-refractivity contribution < 1.29 is 26.9 Å². The second kappa shape index (κ2) is 9.05. The second-order valence-electron chi connectivity index (χ2n) is 9.32. The molecule has 3 heterocycles. The highest BCUT2D eigenvalue weighted by Crippen LogP contribution is 2.43. The number of aromatic amines is 2. The molecule has 0 radical (unpaired) electrons. The van der Waals surface area contributed by atoms with Crippen molar-refractivity contribution in [1.82, 2.24) is 15.0 Å². The summed E-state index contributed by atoms with van der Waals surface area (Å²) in [6, 6.07) is 13.0. The van der Waals surface area contributed by atoms with Gasteiger partial charge in [0.05, 0.1) is 33.4 Å². The van der Waals surface area contributed by atoms with Crippen LogP contribution in [0.2, 0.25) is 0 Å². The summed E-state index contributed by atoms with van der Waals surface area (Å²) in [7, 11) is -1.71. The minimum absolute atomic E-state index is 0.00239. The van der Waals surface area contributed by atoms with Gasteiger partial charge in [-0.3, -0.25) is 4.21 Å². The van der Waals surface area contributed by atoms with Crippen molar-refractivity contribution in [3.63, 3.8) is 0 Å². The second-order valence-corrected chi connectivity index (χ2v) is 10.6. The molecule has 6 rings (SSSR count). The van der Waals surface area contributed by atoms with Crippen LogP contribution in [0.15, 0.2) is 65.8 Å². The highest BCUT2D eigenvalue weighted by atomic mass is 32.2. The summed E-state index contributed by atoms with van der Waals surface area (Å²) in [5, 5.41) is 0.239. The van der Waals surface area contributed by atoms with Crippen LogP contribution in [0.4, 0.5) is 13.2 Å². The minimum atomic E-state index is -1.71. The zero-order chi connectivity index (χ0) is 26.6. The molecule has 2 aromatic heterocycles. The maximum absolute atomic E-state index is 15.0. The predicted molar refractivity (Wildman–Crippen MR) is 138 cm³/mol. The van der Waals surface area contributed by atoms with Gasteiger partial charge in [-0.2, -0.15) is 4.39 Å². The normalized spacial score (nSPS) is 17.7. The molecule has 5 aromatic rings. The van der Waals surface area contributed by atoms with Gasteiger partial charge >= 0.3 is 0 Å². The molecular formula is C28H22F3N3O3S. The molecule has 6 nitrogen and oxygen atoms in total. The molecular weight excluding hydrogens is 515 g/mol. The van der Waals surface area contributed by atoms with E-state index in [0.717, 1.165) is 23.1 Å². The van der Waals surface area contributed by atoms with Gasteiger partial charge in [-0.1, -0.05) is 18.2 Å². The van der Waals surface area contributed by atoms with Crippen molar-refractivity contribution in [2.24, 2.45) is 0 Å². The van der Waals surface area contributed by atoms with E-state index in [1.54, 1.807) is 6.20 Å². The van der Waals surface area contributed by atoms with Crippen molar-refractivity contribution in [3.05, 3.63) is 89.6 Å². The van der Waals surface area contributed by atoms with Gasteiger partial charge < -0.3 is 19.4 Å². The number of imidazole rings is 1. The van der Waals surface area contributed by atoms with Gasteiger partial charge in [-0.25, -0.2) is 13.8 Å². The Morgan fingerprint density at radius 2 is 1.92 bits per heavy atom. The van der Waals surface area contributed by atoms with Crippen LogP contribution in [0.5, 0.6) is 17.2 Å². The highest BCUT2D eigenvalue weighted by molar-refractivity contribution is 7.84. The van der Waals surface area contributed by atoms with Crippen LogP contribution in [0.3, 0.4) is 0 Å². The van der Waals surface area contributed by atoms with Crippen molar-refractivity contribution in [3.8, 4) is 28.6 Å². The Balaban J connectivity index is 1.40. The van der Waals surface area contributed by atoms with Gasteiger partial charge in [-0.05, 0) is 43.7 Å². The standard InChI is InChI=1S/C28H22F3N3O3S/c1-28(10-12-36-20-6-4-3-5-18(20)28)21-14-33-27(34-21)17-13-15(7-8-19(17)29)37-25-23(31)22(30)24-16(9-11-32-24)26(25)38(2)35/h3-9,11,13-14,32H,10,12H2,1-2H3,(H,33,34)/t28-,38?/m0/s1. The first-order valence-corrected chi connectivity index (χ1v) is 13.4. The van der Waals surface area contributed by atoms with E-state index in [0.29, 0.717) is 13.0 Å². The number of benzene rings is 3. The lowest BCUT2D eigenvalue weighted by Gasteiger charge is -2.34. The zero-order valence-electron chi connectivity index (χ0n) is 20.4. The van der Waals surface area contributed by atoms with Gasteiger partial charge in [0.25, 0.3) is 0 Å². The number of nitrogens with zero attached hydrogens (tertiary/aromatic N) is 1. The molecule has 1 aliphatic rings. The minimum Gasteiger partial charge on any atom is -0.493 e. The average molecular weight is 538 g/mol. The molecule has 3 aromatic carbocycles. The first-order chi connectivity index (χ1) is 18.3. The fourth-order valence-electron chi connectivity index (χ4n) is 4.98. The number of H-pyrrole nitrogens is 2. The summed E-state index contributed by atoms with van der Waals surface area (Å²) in [5.74, 6) is -2.47. The molecule has 2 atom stereocenters. The maximum Gasteiger partial charge on any atom is 0.204 e. The van der Waals surface area contributed by atoms with Gasteiger partial charge in [0.1, 0.15) is 23.1 Å². The lowest BCUT2D eigenvalue weighted by atomic mass is 9.75. The molecule has 0 aliphatic carbocycles. The Morgan fingerprint density at radius 1 is 1.11 bits per heavy atom. The van der Waals surface area contributed by atoms with Crippen LogP contribution >= 0.6 is 0 Å². The summed E-state index contributed by atoms with van der Waals surface area (Å²) < 4.78 is 68.7. The Kier molecular flexibility index (Phi) is 5.79. The number of nitrogens with one attached hydrogen (secondary N) is 2. The van der Waals surface area contributed by atoms with Crippen molar-refractivity contribution in [2.75, 3.05) is 12.9 Å². The Hall–Kier alpha value is -4.05. The Morgan fingerprint density at radius 3 is 2.74 bits per heavy atom. The molecule has 194 valence electrons. The highest BCUT2D eigenvalue weighted by Gasteiger charge is 2.36. The SMILES string of the molecule is CS(=O)c1c(Oc2ccc(F)c(-c3ncc([C@@]4(C)CCOc5ccccc54)[nH]3)c2)c(F)c(F)c2[nH]ccc12. The predicted octanol–water partition coefficient (Wildman–Crippen LogP) is 6.59. The zero-order valence-corrected chi connectivity index (χ0v) is 21.2. The number of aromatic nitrogens is 3. The Labute approximate surface area is 218 Å². The summed E-state index contributed by atoms with van der Waals surface area (Å²) >= 11 is 0. The monoisotopic (exact) mass is 537 g/mol. The summed E-state index contributed by atoms with van der Waals surface area (Å²) in [4.78, 5) is 10.3. The fraction of sp³-hybridized carbons (Fsp3) is 0.179. The smallest absolute Gasteiger partial charge is 0.204 e. The molecule has 0 fully saturated rings. The van der Waals surface area contributed by atoms with E-state index in [1.165, 1.54) is 30.7 Å². The molecule has 38 heavy (non-hydrogen) atoms. The molecule has 10 heteroatoms. The van der Waals surface area contributed by atoms with Crippen molar-refractivity contribution in [2.45, 2.75) is 23.7 Å². The van der Waals surface area contributed by atoms with Gasteiger partial charge in [0, 0.05) is 40.7 Å². The summed E-state index contributed by atoms with van der Waals surface area (Å²) in [5.41, 5.74) is 1.32. The van der Waals surface area contributed by atoms with Crippen LogP contribution in [0.25, 0.3) is 22.3 Å². The van der Waals surface area contributed by atoms with Gasteiger partial charge in [0.15, 0.2) is 11.6 Å². The summed E-state index contributed by atoms with van der Waals surface area (Å²) in [6.07, 6.45) is 5.13.